The highest BCUT2D eigenvalue weighted by Crippen LogP contribution is 2.08. The summed E-state index contributed by atoms with van der Waals surface area (Å²) in [5.74, 6) is 0.853. The second-order valence-electron chi connectivity index (χ2n) is 4.02. The summed E-state index contributed by atoms with van der Waals surface area (Å²) in [6.45, 7) is 5.05. The summed E-state index contributed by atoms with van der Waals surface area (Å²) in [5.41, 5.74) is 3.82. The number of hydrogen-bond acceptors (Lipinski definition) is 2. The summed E-state index contributed by atoms with van der Waals surface area (Å²) < 4.78 is 0. The normalized spacial score (nSPS) is 10.4. The Morgan fingerprint density at radius 1 is 1.25 bits per heavy atom. The Balaban J connectivity index is 1.87. The van der Waals surface area contributed by atoms with Crippen molar-refractivity contribution in [1.82, 2.24) is 9.97 Å². The first-order chi connectivity index (χ1) is 7.75. The first-order valence-corrected chi connectivity index (χ1v) is 5.55. The van der Waals surface area contributed by atoms with Gasteiger partial charge >= 0.3 is 0 Å². The Morgan fingerprint density at radius 2 is 2.06 bits per heavy atom. The van der Waals surface area contributed by atoms with E-state index in [1.807, 2.05) is 13.1 Å². The van der Waals surface area contributed by atoms with E-state index in [0.29, 0.717) is 0 Å². The maximum Gasteiger partial charge on any atom is 0.200 e. The molecular weight excluding hydrogens is 198 g/mol. The minimum absolute atomic E-state index is 0.853. The van der Waals surface area contributed by atoms with Gasteiger partial charge in [0.2, 0.25) is 0 Å². The highest BCUT2D eigenvalue weighted by atomic mass is 15.1. The molecule has 0 radical (unpaired) electrons. The lowest BCUT2D eigenvalue weighted by Gasteiger charge is -2.06. The molecule has 0 amide bonds. The summed E-state index contributed by atoms with van der Waals surface area (Å²) >= 11 is 0. The predicted molar refractivity (Wildman–Crippen MR) is 66.7 cm³/mol. The molecule has 0 aliphatic carbocycles. The summed E-state index contributed by atoms with van der Waals surface area (Å²) in [7, 11) is 0. The van der Waals surface area contributed by atoms with Gasteiger partial charge in [0.15, 0.2) is 5.95 Å². The van der Waals surface area contributed by atoms with Gasteiger partial charge in [0.1, 0.15) is 0 Å². The van der Waals surface area contributed by atoms with E-state index < -0.39 is 0 Å². The van der Waals surface area contributed by atoms with E-state index in [9.17, 15) is 0 Å². The largest absolute Gasteiger partial charge is 0.355 e. The SMILES string of the molecule is Cc1cnc(NCCc2ccccc2C)[nH]1. The number of aryl methyl sites for hydroxylation is 2. The van der Waals surface area contributed by atoms with Crippen molar-refractivity contribution in [2.45, 2.75) is 20.3 Å². The van der Waals surface area contributed by atoms with Crippen LogP contribution in [0.3, 0.4) is 0 Å². The fourth-order valence-electron chi connectivity index (χ4n) is 1.71. The predicted octanol–water partition coefficient (Wildman–Crippen LogP) is 2.68. The van der Waals surface area contributed by atoms with Crippen molar-refractivity contribution < 1.29 is 0 Å². The number of aromatic amines is 1. The standard InChI is InChI=1S/C13H17N3/c1-10-5-3-4-6-12(10)7-8-14-13-15-9-11(2)16-13/h3-6,9H,7-8H2,1-2H3,(H2,14,15,16). The van der Waals surface area contributed by atoms with Crippen LogP contribution in [0.5, 0.6) is 0 Å². The van der Waals surface area contributed by atoms with Gasteiger partial charge in [-0.05, 0) is 31.4 Å². The lowest BCUT2D eigenvalue weighted by Crippen LogP contribution is -2.06. The topological polar surface area (TPSA) is 40.7 Å². The van der Waals surface area contributed by atoms with Gasteiger partial charge in [0.25, 0.3) is 0 Å². The van der Waals surface area contributed by atoms with E-state index in [1.54, 1.807) is 0 Å². The van der Waals surface area contributed by atoms with Crippen LogP contribution in [-0.4, -0.2) is 16.5 Å². The zero-order chi connectivity index (χ0) is 11.4. The molecule has 0 saturated carbocycles. The van der Waals surface area contributed by atoms with Crippen molar-refractivity contribution in [2.75, 3.05) is 11.9 Å². The Bertz CT molecular complexity index is 460. The highest BCUT2D eigenvalue weighted by molar-refractivity contribution is 5.29. The summed E-state index contributed by atoms with van der Waals surface area (Å²) in [4.78, 5) is 7.36. The minimum Gasteiger partial charge on any atom is -0.355 e. The third-order valence-corrected chi connectivity index (χ3v) is 2.65. The number of nitrogens with one attached hydrogen (secondary N) is 2. The monoisotopic (exact) mass is 215 g/mol. The van der Waals surface area contributed by atoms with Crippen molar-refractivity contribution >= 4 is 5.95 Å². The smallest absolute Gasteiger partial charge is 0.200 e. The lowest BCUT2D eigenvalue weighted by molar-refractivity contribution is 0.984. The lowest BCUT2D eigenvalue weighted by atomic mass is 10.1. The van der Waals surface area contributed by atoms with Crippen molar-refractivity contribution in [2.24, 2.45) is 0 Å². The second kappa shape index (κ2) is 4.84. The van der Waals surface area contributed by atoms with E-state index in [-0.39, 0.29) is 0 Å². The molecule has 0 spiro atoms. The van der Waals surface area contributed by atoms with Gasteiger partial charge in [-0.1, -0.05) is 24.3 Å². The maximum absolute atomic E-state index is 4.20. The fraction of sp³-hybridized carbons (Fsp3) is 0.308. The quantitative estimate of drug-likeness (QED) is 0.823. The Hall–Kier alpha value is -1.77. The average molecular weight is 215 g/mol. The molecule has 0 unspecified atom stereocenters. The van der Waals surface area contributed by atoms with Crippen LogP contribution in [0.1, 0.15) is 16.8 Å². The molecule has 1 aromatic carbocycles. The molecule has 0 aliphatic heterocycles. The molecule has 3 heteroatoms. The fourth-order valence-corrected chi connectivity index (χ4v) is 1.71. The molecule has 2 N–H and O–H groups in total. The van der Waals surface area contributed by atoms with E-state index in [1.165, 1.54) is 11.1 Å². The third-order valence-electron chi connectivity index (χ3n) is 2.65. The van der Waals surface area contributed by atoms with E-state index in [0.717, 1.165) is 24.6 Å². The zero-order valence-electron chi connectivity index (χ0n) is 9.75. The van der Waals surface area contributed by atoms with Gasteiger partial charge in [-0.3, -0.25) is 0 Å². The van der Waals surface area contributed by atoms with Crippen LogP contribution >= 0.6 is 0 Å². The number of nitrogens with zero attached hydrogens (tertiary/aromatic N) is 1. The molecular formula is C13H17N3. The molecule has 0 bridgehead atoms. The molecule has 84 valence electrons. The van der Waals surface area contributed by atoms with Gasteiger partial charge < -0.3 is 10.3 Å². The maximum atomic E-state index is 4.20. The first kappa shape index (κ1) is 10.7. The van der Waals surface area contributed by atoms with Gasteiger partial charge in [0.05, 0.1) is 0 Å². The zero-order valence-corrected chi connectivity index (χ0v) is 9.75. The molecule has 2 rings (SSSR count). The van der Waals surface area contributed by atoms with Gasteiger partial charge in [-0.15, -0.1) is 0 Å². The number of aromatic nitrogens is 2. The van der Waals surface area contributed by atoms with Crippen molar-refractivity contribution in [3.63, 3.8) is 0 Å². The molecule has 2 aromatic rings. The van der Waals surface area contributed by atoms with Crippen molar-refractivity contribution in [3.05, 3.63) is 47.3 Å². The number of benzene rings is 1. The van der Waals surface area contributed by atoms with Gasteiger partial charge in [-0.25, -0.2) is 4.98 Å². The summed E-state index contributed by atoms with van der Waals surface area (Å²) in [6.07, 6.45) is 2.85. The number of anilines is 1. The van der Waals surface area contributed by atoms with Gasteiger partial charge in [0, 0.05) is 18.4 Å². The summed E-state index contributed by atoms with van der Waals surface area (Å²) in [5, 5.41) is 3.27. The van der Waals surface area contributed by atoms with Crippen LogP contribution < -0.4 is 5.32 Å². The number of imidazole rings is 1. The van der Waals surface area contributed by atoms with Crippen LogP contribution in [-0.2, 0) is 6.42 Å². The van der Waals surface area contributed by atoms with Crippen LogP contribution in [0, 0.1) is 13.8 Å². The molecule has 0 saturated heterocycles. The molecule has 1 heterocycles. The van der Waals surface area contributed by atoms with Gasteiger partial charge in [-0.2, -0.15) is 0 Å². The third kappa shape index (κ3) is 2.63. The molecule has 16 heavy (non-hydrogen) atoms. The van der Waals surface area contributed by atoms with E-state index in [2.05, 4.69) is 46.5 Å². The average Bonchev–Trinajstić information content (AvgIpc) is 2.67. The van der Waals surface area contributed by atoms with Crippen LogP contribution in [0.25, 0.3) is 0 Å². The summed E-state index contributed by atoms with van der Waals surface area (Å²) in [6, 6.07) is 8.47. The highest BCUT2D eigenvalue weighted by Gasteiger charge is 1.98. The molecule has 0 atom stereocenters. The van der Waals surface area contributed by atoms with Crippen molar-refractivity contribution in [3.8, 4) is 0 Å². The number of rotatable bonds is 4. The minimum atomic E-state index is 0.853. The molecule has 0 fully saturated rings. The molecule has 3 nitrogen and oxygen atoms in total. The molecule has 0 aliphatic rings. The van der Waals surface area contributed by atoms with Crippen LogP contribution in [0.4, 0.5) is 5.95 Å². The second-order valence-corrected chi connectivity index (χ2v) is 4.02. The Morgan fingerprint density at radius 3 is 2.75 bits per heavy atom. The number of hydrogen-bond donors (Lipinski definition) is 2. The Labute approximate surface area is 95.9 Å². The van der Waals surface area contributed by atoms with Crippen molar-refractivity contribution in [1.29, 1.82) is 0 Å². The first-order valence-electron chi connectivity index (χ1n) is 5.55. The number of H-pyrrole nitrogens is 1. The molecule has 1 aromatic heterocycles. The van der Waals surface area contributed by atoms with E-state index in [4.69, 9.17) is 0 Å². The van der Waals surface area contributed by atoms with E-state index >= 15 is 0 Å². The van der Waals surface area contributed by atoms with Crippen LogP contribution in [0.2, 0.25) is 0 Å². The Kier molecular flexibility index (Phi) is 3.25. The van der Waals surface area contributed by atoms with Crippen LogP contribution in [0.15, 0.2) is 30.5 Å².